The number of carbonyl (C=O) groups is 1. The Hall–Kier alpha value is -1.35. The maximum Gasteiger partial charge on any atom is 0.221 e. The number of nitrogens with one attached hydrogen (secondary N) is 2. The minimum Gasteiger partial charge on any atom is -0.326 e. The van der Waals surface area contributed by atoms with Crippen molar-refractivity contribution >= 4 is 11.6 Å². The lowest BCUT2D eigenvalue weighted by Gasteiger charge is -2.25. The van der Waals surface area contributed by atoms with Gasteiger partial charge in [0.15, 0.2) is 0 Å². The quantitative estimate of drug-likeness (QED) is 0.861. The second kappa shape index (κ2) is 8.18. The van der Waals surface area contributed by atoms with Crippen LogP contribution in [0.1, 0.15) is 70.4 Å². The predicted octanol–water partition coefficient (Wildman–Crippen LogP) is 4.41. The molecule has 1 saturated carbocycles. The Balaban J connectivity index is 1.95. The number of rotatable bonds is 4. The molecular formula is C18H28N2O. The minimum atomic E-state index is -0.0206. The van der Waals surface area contributed by atoms with Crippen molar-refractivity contribution in [3.8, 4) is 0 Å². The second-order valence-corrected chi connectivity index (χ2v) is 6.24. The van der Waals surface area contributed by atoms with Crippen molar-refractivity contribution in [3.63, 3.8) is 0 Å². The molecule has 0 aliphatic heterocycles. The zero-order valence-corrected chi connectivity index (χ0v) is 13.3. The lowest BCUT2D eigenvalue weighted by molar-refractivity contribution is -0.114. The fourth-order valence-electron chi connectivity index (χ4n) is 3.16. The van der Waals surface area contributed by atoms with Gasteiger partial charge in [0.05, 0.1) is 0 Å². The monoisotopic (exact) mass is 288 g/mol. The van der Waals surface area contributed by atoms with Crippen LogP contribution in [0, 0.1) is 0 Å². The lowest BCUT2D eigenvalue weighted by atomic mass is 9.95. The highest BCUT2D eigenvalue weighted by Crippen LogP contribution is 2.22. The van der Waals surface area contributed by atoms with E-state index in [2.05, 4.69) is 29.7 Å². The van der Waals surface area contributed by atoms with Crippen LogP contribution in [-0.2, 0) is 4.79 Å². The van der Waals surface area contributed by atoms with Gasteiger partial charge in [-0.05, 0) is 37.5 Å². The molecule has 21 heavy (non-hydrogen) atoms. The Morgan fingerprint density at radius 3 is 2.48 bits per heavy atom. The largest absolute Gasteiger partial charge is 0.326 e. The summed E-state index contributed by atoms with van der Waals surface area (Å²) in [6, 6.07) is 9.10. The third-order valence-electron chi connectivity index (χ3n) is 4.30. The maximum atomic E-state index is 11.2. The number of carbonyl (C=O) groups excluding carboxylic acids is 1. The van der Waals surface area contributed by atoms with Gasteiger partial charge in [0.2, 0.25) is 5.91 Å². The Labute approximate surface area is 128 Å². The van der Waals surface area contributed by atoms with Gasteiger partial charge in [-0.25, -0.2) is 0 Å². The Kier molecular flexibility index (Phi) is 6.24. The number of benzene rings is 1. The molecule has 0 saturated heterocycles. The summed E-state index contributed by atoms with van der Waals surface area (Å²) in [5, 5.41) is 6.63. The standard InChI is InChI=1S/C18H28N2O/c1-14(19-17-10-6-4-3-5-7-11-17)16-9-8-12-18(13-16)20-15(2)21/h8-9,12-14,17,19H,3-7,10-11H2,1-2H3,(H,20,21). The van der Waals surface area contributed by atoms with Crippen molar-refractivity contribution in [2.24, 2.45) is 0 Å². The van der Waals surface area contributed by atoms with E-state index in [0.29, 0.717) is 12.1 Å². The van der Waals surface area contributed by atoms with Crippen molar-refractivity contribution in [3.05, 3.63) is 29.8 Å². The first-order valence-corrected chi connectivity index (χ1v) is 8.29. The van der Waals surface area contributed by atoms with Crippen LogP contribution in [0.4, 0.5) is 5.69 Å². The molecule has 0 heterocycles. The zero-order valence-electron chi connectivity index (χ0n) is 13.3. The number of hydrogen-bond donors (Lipinski definition) is 2. The predicted molar refractivity (Wildman–Crippen MR) is 88.4 cm³/mol. The van der Waals surface area contributed by atoms with Crippen molar-refractivity contribution in [1.82, 2.24) is 5.32 Å². The fraction of sp³-hybridized carbons (Fsp3) is 0.611. The van der Waals surface area contributed by atoms with Gasteiger partial charge in [0.1, 0.15) is 0 Å². The van der Waals surface area contributed by atoms with Gasteiger partial charge in [-0.15, -0.1) is 0 Å². The minimum absolute atomic E-state index is 0.0206. The molecule has 1 fully saturated rings. The fourth-order valence-corrected chi connectivity index (χ4v) is 3.16. The highest BCUT2D eigenvalue weighted by atomic mass is 16.1. The van der Waals surface area contributed by atoms with Gasteiger partial charge in [-0.1, -0.05) is 44.2 Å². The summed E-state index contributed by atoms with van der Waals surface area (Å²) in [5.41, 5.74) is 2.12. The van der Waals surface area contributed by atoms with Crippen LogP contribution in [0.5, 0.6) is 0 Å². The highest BCUT2D eigenvalue weighted by Gasteiger charge is 2.15. The summed E-state index contributed by atoms with van der Waals surface area (Å²) in [4.78, 5) is 11.2. The SMILES string of the molecule is CC(=O)Nc1cccc(C(C)NC2CCCCCCC2)c1. The molecule has 2 N–H and O–H groups in total. The molecule has 3 nitrogen and oxygen atoms in total. The highest BCUT2D eigenvalue weighted by molar-refractivity contribution is 5.88. The van der Waals surface area contributed by atoms with Gasteiger partial charge < -0.3 is 10.6 Å². The van der Waals surface area contributed by atoms with E-state index in [1.165, 1.54) is 50.5 Å². The van der Waals surface area contributed by atoms with E-state index in [-0.39, 0.29) is 5.91 Å². The van der Waals surface area contributed by atoms with Crippen molar-refractivity contribution < 1.29 is 4.79 Å². The molecule has 116 valence electrons. The first-order valence-electron chi connectivity index (χ1n) is 8.29. The van der Waals surface area contributed by atoms with Crippen LogP contribution < -0.4 is 10.6 Å². The molecule has 0 radical (unpaired) electrons. The van der Waals surface area contributed by atoms with E-state index in [1.807, 2.05) is 12.1 Å². The van der Waals surface area contributed by atoms with Crippen LogP contribution >= 0.6 is 0 Å². The molecule has 3 heteroatoms. The van der Waals surface area contributed by atoms with Crippen LogP contribution in [0.2, 0.25) is 0 Å². The van der Waals surface area contributed by atoms with Crippen LogP contribution in [-0.4, -0.2) is 11.9 Å². The number of anilines is 1. The molecule has 1 atom stereocenters. The van der Waals surface area contributed by atoms with Crippen molar-refractivity contribution in [1.29, 1.82) is 0 Å². The Bertz CT molecular complexity index is 450. The molecule has 1 aromatic rings. The van der Waals surface area contributed by atoms with E-state index in [9.17, 15) is 4.79 Å². The molecule has 2 rings (SSSR count). The van der Waals surface area contributed by atoms with Gasteiger partial charge in [0.25, 0.3) is 0 Å². The average molecular weight is 288 g/mol. The summed E-state index contributed by atoms with van der Waals surface area (Å²) in [6.45, 7) is 3.76. The summed E-state index contributed by atoms with van der Waals surface area (Å²) in [7, 11) is 0. The van der Waals surface area contributed by atoms with Crippen LogP contribution in [0.15, 0.2) is 24.3 Å². The Morgan fingerprint density at radius 1 is 1.14 bits per heavy atom. The van der Waals surface area contributed by atoms with E-state index in [1.54, 1.807) is 6.92 Å². The molecule has 0 bridgehead atoms. The lowest BCUT2D eigenvalue weighted by Crippen LogP contribution is -2.32. The van der Waals surface area contributed by atoms with E-state index in [0.717, 1.165) is 5.69 Å². The molecule has 1 unspecified atom stereocenters. The summed E-state index contributed by atoms with van der Waals surface area (Å²) in [5.74, 6) is -0.0206. The van der Waals surface area contributed by atoms with Crippen LogP contribution in [0.25, 0.3) is 0 Å². The maximum absolute atomic E-state index is 11.2. The van der Waals surface area contributed by atoms with E-state index < -0.39 is 0 Å². The van der Waals surface area contributed by atoms with Gasteiger partial charge in [-0.2, -0.15) is 0 Å². The van der Waals surface area contributed by atoms with Crippen molar-refractivity contribution in [2.75, 3.05) is 5.32 Å². The summed E-state index contributed by atoms with van der Waals surface area (Å²) >= 11 is 0. The molecular weight excluding hydrogens is 260 g/mol. The van der Waals surface area contributed by atoms with Gasteiger partial charge in [-0.3, -0.25) is 4.79 Å². The first kappa shape index (κ1) is 16.0. The zero-order chi connectivity index (χ0) is 15.1. The number of hydrogen-bond acceptors (Lipinski definition) is 2. The normalized spacial score (nSPS) is 18.6. The molecule has 1 aliphatic rings. The van der Waals surface area contributed by atoms with Gasteiger partial charge >= 0.3 is 0 Å². The average Bonchev–Trinajstić information content (AvgIpc) is 2.41. The summed E-state index contributed by atoms with van der Waals surface area (Å²) in [6.07, 6.45) is 9.42. The van der Waals surface area contributed by atoms with E-state index >= 15 is 0 Å². The molecule has 1 aromatic carbocycles. The smallest absolute Gasteiger partial charge is 0.221 e. The third-order valence-corrected chi connectivity index (χ3v) is 4.30. The molecule has 0 spiro atoms. The Morgan fingerprint density at radius 2 is 1.81 bits per heavy atom. The van der Waals surface area contributed by atoms with Crippen LogP contribution in [0.3, 0.4) is 0 Å². The molecule has 0 aromatic heterocycles. The van der Waals surface area contributed by atoms with Gasteiger partial charge in [0, 0.05) is 24.7 Å². The number of amides is 1. The van der Waals surface area contributed by atoms with E-state index in [4.69, 9.17) is 0 Å². The first-order chi connectivity index (χ1) is 10.1. The topological polar surface area (TPSA) is 41.1 Å². The summed E-state index contributed by atoms with van der Waals surface area (Å²) < 4.78 is 0. The third kappa shape index (κ3) is 5.50. The second-order valence-electron chi connectivity index (χ2n) is 6.24. The molecule has 1 aliphatic carbocycles. The van der Waals surface area contributed by atoms with Crippen molar-refractivity contribution in [2.45, 2.75) is 70.9 Å². The molecule has 1 amide bonds.